The average Bonchev–Trinajstić information content (AvgIpc) is 3.47. The minimum atomic E-state index is -0.325. The SMILES string of the molecule is C=C/C(Cl)=C\c1nc(CCNC(=O)c2cc(C)cn(C(=N)C3CC3)c2=N)[nH]c1C. The number of allylic oxidation sites excluding steroid dienone is 2. The summed E-state index contributed by atoms with van der Waals surface area (Å²) in [6, 6.07) is 1.69. The number of nitrogens with one attached hydrogen (secondary N) is 4. The molecule has 1 amide bonds. The zero-order valence-electron chi connectivity index (χ0n) is 16.6. The lowest BCUT2D eigenvalue weighted by Gasteiger charge is -2.12. The molecule has 2 aromatic rings. The number of amides is 1. The molecule has 0 unspecified atom stereocenters. The highest BCUT2D eigenvalue weighted by Crippen LogP contribution is 2.30. The molecule has 4 N–H and O–H groups in total. The van der Waals surface area contributed by atoms with Gasteiger partial charge in [0.15, 0.2) is 0 Å². The van der Waals surface area contributed by atoms with E-state index >= 15 is 0 Å². The Morgan fingerprint density at radius 3 is 2.86 bits per heavy atom. The van der Waals surface area contributed by atoms with Crippen LogP contribution in [0.2, 0.25) is 0 Å². The molecule has 0 radical (unpaired) electrons. The number of hydrogen-bond donors (Lipinski definition) is 4. The first kappa shape index (κ1) is 20.8. The lowest BCUT2D eigenvalue weighted by Crippen LogP contribution is -2.37. The number of aryl methyl sites for hydroxylation is 2. The number of carbonyl (C=O) groups is 1. The standard InChI is InChI=1S/C21H25ClN6O/c1-4-15(22)10-17-13(3)26-18(27-17)7-8-25-21(29)16-9-12(2)11-28(20(16)24)19(23)14-5-6-14/h4,9-11,14,23-24H,1,5-8H2,2-3H3,(H,25,29)(H,26,27)/b15-10+,23-19?,24-20?. The predicted molar refractivity (Wildman–Crippen MR) is 114 cm³/mol. The van der Waals surface area contributed by atoms with E-state index in [2.05, 4.69) is 21.9 Å². The van der Waals surface area contributed by atoms with Gasteiger partial charge in [0.25, 0.3) is 5.91 Å². The molecule has 0 saturated heterocycles. The van der Waals surface area contributed by atoms with Gasteiger partial charge in [0, 0.05) is 35.8 Å². The number of nitrogens with zero attached hydrogens (tertiary/aromatic N) is 2. The molecule has 152 valence electrons. The first-order chi connectivity index (χ1) is 13.8. The van der Waals surface area contributed by atoms with Gasteiger partial charge in [-0.1, -0.05) is 24.3 Å². The Bertz CT molecular complexity index is 1060. The van der Waals surface area contributed by atoms with Gasteiger partial charge in [0.1, 0.15) is 17.1 Å². The summed E-state index contributed by atoms with van der Waals surface area (Å²) < 4.78 is 1.51. The molecule has 8 heteroatoms. The third kappa shape index (κ3) is 4.92. The van der Waals surface area contributed by atoms with Gasteiger partial charge in [-0.15, -0.1) is 0 Å². The van der Waals surface area contributed by atoms with E-state index in [0.717, 1.165) is 35.6 Å². The van der Waals surface area contributed by atoms with Crippen LogP contribution in [0.5, 0.6) is 0 Å². The Labute approximate surface area is 174 Å². The van der Waals surface area contributed by atoms with Gasteiger partial charge in [0.2, 0.25) is 0 Å². The first-order valence-electron chi connectivity index (χ1n) is 9.50. The van der Waals surface area contributed by atoms with Crippen LogP contribution >= 0.6 is 11.6 Å². The van der Waals surface area contributed by atoms with E-state index in [4.69, 9.17) is 22.4 Å². The average molecular weight is 413 g/mol. The second-order valence-corrected chi connectivity index (χ2v) is 7.68. The molecular weight excluding hydrogens is 388 g/mol. The van der Waals surface area contributed by atoms with E-state index in [1.807, 2.05) is 13.8 Å². The van der Waals surface area contributed by atoms with E-state index in [1.165, 1.54) is 4.57 Å². The monoisotopic (exact) mass is 412 g/mol. The fourth-order valence-corrected chi connectivity index (χ4v) is 3.13. The van der Waals surface area contributed by atoms with Crippen LogP contribution in [-0.2, 0) is 6.42 Å². The van der Waals surface area contributed by atoms with Crippen molar-refractivity contribution in [3.63, 3.8) is 0 Å². The molecule has 7 nitrogen and oxygen atoms in total. The van der Waals surface area contributed by atoms with Crippen LogP contribution in [0.3, 0.4) is 0 Å². The van der Waals surface area contributed by atoms with Crippen molar-refractivity contribution in [2.45, 2.75) is 33.1 Å². The van der Waals surface area contributed by atoms with E-state index in [9.17, 15) is 4.79 Å². The second kappa shape index (κ2) is 8.61. The van der Waals surface area contributed by atoms with E-state index in [-0.39, 0.29) is 22.9 Å². The van der Waals surface area contributed by atoms with E-state index in [1.54, 1.807) is 24.4 Å². The van der Waals surface area contributed by atoms with Crippen molar-refractivity contribution in [2.75, 3.05) is 6.54 Å². The number of carbonyl (C=O) groups excluding carboxylic acids is 1. The van der Waals surface area contributed by atoms with Crippen molar-refractivity contribution >= 4 is 29.4 Å². The number of pyridine rings is 1. The highest BCUT2D eigenvalue weighted by molar-refractivity contribution is 6.33. The zero-order valence-corrected chi connectivity index (χ0v) is 17.4. The molecule has 1 saturated carbocycles. The quantitative estimate of drug-likeness (QED) is 0.318. The number of aromatic nitrogens is 3. The van der Waals surface area contributed by atoms with Crippen LogP contribution in [0.4, 0.5) is 0 Å². The number of halogens is 1. The number of aromatic amines is 1. The molecule has 1 aliphatic rings. The molecule has 2 aromatic heterocycles. The fraction of sp³-hybridized carbons (Fsp3) is 0.333. The number of hydrogen-bond acceptors (Lipinski definition) is 4. The van der Waals surface area contributed by atoms with Crippen LogP contribution < -0.4 is 10.8 Å². The largest absolute Gasteiger partial charge is 0.351 e. The molecule has 0 bridgehead atoms. The topological polar surface area (TPSA) is 110 Å². The van der Waals surface area contributed by atoms with Crippen molar-refractivity contribution in [3.05, 3.63) is 63.8 Å². The van der Waals surface area contributed by atoms with Crippen LogP contribution in [-0.4, -0.2) is 32.8 Å². The molecule has 0 atom stereocenters. The number of rotatable bonds is 7. The zero-order chi connectivity index (χ0) is 21.1. The molecule has 0 spiro atoms. The summed E-state index contributed by atoms with van der Waals surface area (Å²) in [5.41, 5.74) is 2.78. The van der Waals surface area contributed by atoms with Crippen molar-refractivity contribution in [1.29, 1.82) is 10.8 Å². The smallest absolute Gasteiger partial charge is 0.255 e. The van der Waals surface area contributed by atoms with Gasteiger partial charge in [0.05, 0.1) is 11.3 Å². The molecule has 2 heterocycles. The Morgan fingerprint density at radius 1 is 1.48 bits per heavy atom. The van der Waals surface area contributed by atoms with Gasteiger partial charge < -0.3 is 10.3 Å². The van der Waals surface area contributed by atoms with Gasteiger partial charge in [-0.05, 0) is 44.4 Å². The maximum atomic E-state index is 12.6. The first-order valence-corrected chi connectivity index (χ1v) is 9.88. The Balaban J connectivity index is 1.67. The fourth-order valence-electron chi connectivity index (χ4n) is 3.02. The van der Waals surface area contributed by atoms with Crippen molar-refractivity contribution in [2.24, 2.45) is 5.92 Å². The van der Waals surface area contributed by atoms with Gasteiger partial charge in [-0.3, -0.25) is 20.2 Å². The molecule has 0 aromatic carbocycles. The van der Waals surface area contributed by atoms with Crippen LogP contribution in [0.25, 0.3) is 6.08 Å². The Hall–Kier alpha value is -2.93. The molecular formula is C21H25ClN6O. The summed E-state index contributed by atoms with van der Waals surface area (Å²) in [6.07, 6.45) is 7.48. The summed E-state index contributed by atoms with van der Waals surface area (Å²) in [5, 5.41) is 19.9. The maximum absolute atomic E-state index is 12.6. The molecule has 3 rings (SSSR count). The van der Waals surface area contributed by atoms with Gasteiger partial charge >= 0.3 is 0 Å². The van der Waals surface area contributed by atoms with E-state index < -0.39 is 0 Å². The highest BCUT2D eigenvalue weighted by atomic mass is 35.5. The second-order valence-electron chi connectivity index (χ2n) is 7.24. The van der Waals surface area contributed by atoms with E-state index in [0.29, 0.717) is 23.8 Å². The van der Waals surface area contributed by atoms with Crippen LogP contribution in [0.15, 0.2) is 30.0 Å². The molecule has 0 aliphatic heterocycles. The van der Waals surface area contributed by atoms with Crippen LogP contribution in [0.1, 0.15) is 46.0 Å². The minimum absolute atomic E-state index is 0.0466. The van der Waals surface area contributed by atoms with Gasteiger partial charge in [-0.25, -0.2) is 4.98 Å². The normalized spacial score (nSPS) is 14.0. The minimum Gasteiger partial charge on any atom is -0.351 e. The molecule has 1 aliphatic carbocycles. The Kier molecular flexibility index (Phi) is 6.17. The lowest BCUT2D eigenvalue weighted by atomic mass is 10.2. The number of imidazole rings is 1. The third-order valence-corrected chi connectivity index (χ3v) is 5.02. The van der Waals surface area contributed by atoms with Crippen molar-refractivity contribution in [1.82, 2.24) is 19.9 Å². The summed E-state index contributed by atoms with van der Waals surface area (Å²) in [7, 11) is 0. The summed E-state index contributed by atoms with van der Waals surface area (Å²) in [5.74, 6) is 0.997. The summed E-state index contributed by atoms with van der Waals surface area (Å²) in [4.78, 5) is 20.3. The van der Waals surface area contributed by atoms with Crippen molar-refractivity contribution in [3.8, 4) is 0 Å². The maximum Gasteiger partial charge on any atom is 0.255 e. The Morgan fingerprint density at radius 2 is 2.21 bits per heavy atom. The number of H-pyrrole nitrogens is 1. The lowest BCUT2D eigenvalue weighted by molar-refractivity contribution is 0.0951. The molecule has 29 heavy (non-hydrogen) atoms. The predicted octanol–water partition coefficient (Wildman–Crippen LogP) is 3.28. The molecule has 1 fully saturated rings. The van der Waals surface area contributed by atoms with Gasteiger partial charge in [-0.2, -0.15) is 0 Å². The highest BCUT2D eigenvalue weighted by Gasteiger charge is 2.28. The third-order valence-electron chi connectivity index (χ3n) is 4.76. The van der Waals surface area contributed by atoms with Crippen molar-refractivity contribution < 1.29 is 4.79 Å². The van der Waals surface area contributed by atoms with Crippen LogP contribution in [0, 0.1) is 30.6 Å². The summed E-state index contributed by atoms with van der Waals surface area (Å²) in [6.45, 7) is 7.76. The summed E-state index contributed by atoms with van der Waals surface area (Å²) >= 11 is 5.98.